The second-order valence-corrected chi connectivity index (χ2v) is 8.22. The summed E-state index contributed by atoms with van der Waals surface area (Å²) in [5, 5.41) is 11.3. The molecule has 1 aliphatic rings. The maximum atomic E-state index is 14.7. The summed E-state index contributed by atoms with van der Waals surface area (Å²) >= 11 is 0. The molecule has 1 aliphatic heterocycles. The molecular weight excluding hydrogens is 491 g/mol. The average molecular weight is 510 g/mol. The highest BCUT2D eigenvalue weighted by molar-refractivity contribution is 5.99. The Morgan fingerprint density at radius 2 is 1.94 bits per heavy atom. The van der Waals surface area contributed by atoms with Crippen molar-refractivity contribution in [2.75, 3.05) is 11.4 Å². The molecule has 13 heteroatoms. The van der Waals surface area contributed by atoms with Gasteiger partial charge in [-0.2, -0.15) is 13.2 Å². The van der Waals surface area contributed by atoms with Crippen LogP contribution >= 0.6 is 0 Å². The number of pyridine rings is 2. The first kappa shape index (κ1) is 25.2. The number of aliphatic hydroxyl groups is 1. The van der Waals surface area contributed by atoms with E-state index in [4.69, 9.17) is 0 Å². The number of aliphatic hydroxyl groups excluding tert-OH is 1. The van der Waals surface area contributed by atoms with Crippen LogP contribution in [0.3, 0.4) is 0 Å². The fourth-order valence-electron chi connectivity index (χ4n) is 3.93. The Morgan fingerprint density at radius 3 is 2.53 bits per heavy atom. The van der Waals surface area contributed by atoms with E-state index < -0.39 is 59.2 Å². The zero-order valence-corrected chi connectivity index (χ0v) is 18.6. The van der Waals surface area contributed by atoms with E-state index in [0.717, 1.165) is 27.8 Å². The number of rotatable bonds is 5. The Morgan fingerprint density at radius 1 is 1.22 bits per heavy atom. The van der Waals surface area contributed by atoms with Crippen LogP contribution in [-0.4, -0.2) is 51.3 Å². The molecule has 2 N–H and O–H groups in total. The van der Waals surface area contributed by atoms with Gasteiger partial charge >= 0.3 is 6.18 Å². The van der Waals surface area contributed by atoms with Gasteiger partial charge in [0.15, 0.2) is 5.65 Å². The lowest BCUT2D eigenvalue weighted by molar-refractivity contribution is -0.153. The topological polar surface area (TPSA) is 105 Å². The Kier molecular flexibility index (Phi) is 6.52. The summed E-state index contributed by atoms with van der Waals surface area (Å²) in [7, 11) is 0. The quantitative estimate of drug-likeness (QED) is 0.514. The molecule has 2 aromatic heterocycles. The second kappa shape index (κ2) is 9.30. The minimum Gasteiger partial charge on any atom is -0.391 e. The van der Waals surface area contributed by atoms with Crippen molar-refractivity contribution in [2.24, 2.45) is 0 Å². The van der Waals surface area contributed by atoms with Gasteiger partial charge in [0.1, 0.15) is 29.1 Å². The third-order valence-corrected chi connectivity index (χ3v) is 5.74. The molecule has 0 saturated carbocycles. The largest absolute Gasteiger partial charge is 0.408 e. The summed E-state index contributed by atoms with van der Waals surface area (Å²) in [5.74, 6) is -3.80. The molecule has 3 aromatic rings. The van der Waals surface area contributed by atoms with Crippen LogP contribution in [0, 0.1) is 11.6 Å². The summed E-state index contributed by atoms with van der Waals surface area (Å²) in [6, 6.07) is 2.66. The minimum atomic E-state index is -4.77. The Hall–Kier alpha value is -3.87. The highest BCUT2D eigenvalue weighted by Crippen LogP contribution is 2.26. The number of alkyl halides is 3. The van der Waals surface area contributed by atoms with Gasteiger partial charge in [0.2, 0.25) is 11.3 Å². The zero-order chi connectivity index (χ0) is 26.4. The highest BCUT2D eigenvalue weighted by atomic mass is 19.4. The summed E-state index contributed by atoms with van der Waals surface area (Å²) in [6.07, 6.45) is -5.55. The van der Waals surface area contributed by atoms with E-state index in [1.165, 1.54) is 19.1 Å². The Bertz CT molecular complexity index is 1420. The first-order chi connectivity index (χ1) is 16.9. The van der Waals surface area contributed by atoms with Crippen LogP contribution in [0.5, 0.6) is 0 Å². The molecule has 1 saturated heterocycles. The SMILES string of the molecule is CC[C@@H](NC(=O)c1cn(-c2ccc(F)cc2F)c2nc(N3C[C@@H](O)CC3=O)ccc2c1=O)C(F)(F)F. The number of nitrogens with one attached hydrogen (secondary N) is 1. The lowest BCUT2D eigenvalue weighted by Crippen LogP contribution is -2.46. The van der Waals surface area contributed by atoms with Gasteiger partial charge < -0.3 is 10.4 Å². The molecule has 0 aliphatic carbocycles. The number of hydrogen-bond acceptors (Lipinski definition) is 5. The first-order valence-electron chi connectivity index (χ1n) is 10.8. The van der Waals surface area contributed by atoms with Crippen LogP contribution in [0.15, 0.2) is 41.3 Å². The molecule has 3 heterocycles. The van der Waals surface area contributed by atoms with Crippen LogP contribution in [0.1, 0.15) is 30.1 Å². The van der Waals surface area contributed by atoms with E-state index >= 15 is 0 Å². The predicted octanol–water partition coefficient (Wildman–Crippen LogP) is 2.83. The summed E-state index contributed by atoms with van der Waals surface area (Å²) in [6.45, 7) is 1.12. The van der Waals surface area contributed by atoms with Crippen molar-refractivity contribution in [3.8, 4) is 5.69 Å². The fourth-order valence-corrected chi connectivity index (χ4v) is 3.93. The molecule has 2 atom stereocenters. The predicted molar refractivity (Wildman–Crippen MR) is 118 cm³/mol. The molecule has 2 amide bonds. The summed E-state index contributed by atoms with van der Waals surface area (Å²) in [4.78, 5) is 43.4. The molecule has 4 rings (SSSR count). The standard InChI is InChI=1S/C23H19F5N4O4/c1-2-17(23(26,27)28)29-22(36)14-10-31(16-5-3-11(24)7-15(16)25)21-13(20(14)35)4-6-18(30-21)32-9-12(33)8-19(32)34/h3-7,10,12,17,33H,2,8-9H2,1H3,(H,29,36)/t12-,17+/m0/s1. The van der Waals surface area contributed by atoms with E-state index in [1.807, 2.05) is 0 Å². The van der Waals surface area contributed by atoms with Crippen molar-refractivity contribution in [2.45, 2.75) is 38.1 Å². The van der Waals surface area contributed by atoms with Gasteiger partial charge in [0.25, 0.3) is 5.91 Å². The average Bonchev–Trinajstić information content (AvgIpc) is 3.14. The number of nitrogens with zero attached hydrogens (tertiary/aromatic N) is 3. The van der Waals surface area contributed by atoms with Crippen molar-refractivity contribution in [1.82, 2.24) is 14.9 Å². The number of benzene rings is 1. The van der Waals surface area contributed by atoms with Gasteiger partial charge in [-0.15, -0.1) is 0 Å². The van der Waals surface area contributed by atoms with Crippen molar-refractivity contribution >= 4 is 28.7 Å². The summed E-state index contributed by atoms with van der Waals surface area (Å²) < 4.78 is 68.8. The number of hydrogen-bond donors (Lipinski definition) is 2. The van der Waals surface area contributed by atoms with Crippen molar-refractivity contribution in [1.29, 1.82) is 0 Å². The fraction of sp³-hybridized carbons (Fsp3) is 0.304. The summed E-state index contributed by atoms with van der Waals surface area (Å²) in [5.41, 5.74) is -2.30. The number of anilines is 1. The van der Waals surface area contributed by atoms with E-state index in [1.54, 1.807) is 5.32 Å². The number of carbonyl (C=O) groups is 2. The maximum Gasteiger partial charge on any atom is 0.408 e. The van der Waals surface area contributed by atoms with Crippen LogP contribution in [0.4, 0.5) is 27.8 Å². The molecule has 8 nitrogen and oxygen atoms in total. The van der Waals surface area contributed by atoms with Crippen LogP contribution in [0.25, 0.3) is 16.7 Å². The maximum absolute atomic E-state index is 14.7. The third-order valence-electron chi connectivity index (χ3n) is 5.74. The smallest absolute Gasteiger partial charge is 0.391 e. The normalized spacial score (nSPS) is 17.0. The lowest BCUT2D eigenvalue weighted by Gasteiger charge is -2.21. The molecule has 190 valence electrons. The van der Waals surface area contributed by atoms with Crippen molar-refractivity contribution < 1.29 is 36.6 Å². The third kappa shape index (κ3) is 4.65. The second-order valence-electron chi connectivity index (χ2n) is 8.22. The van der Waals surface area contributed by atoms with Gasteiger partial charge in [-0.1, -0.05) is 6.92 Å². The number of amides is 2. The van der Waals surface area contributed by atoms with Crippen LogP contribution in [-0.2, 0) is 4.79 Å². The van der Waals surface area contributed by atoms with E-state index in [0.29, 0.717) is 6.07 Å². The number of carbonyl (C=O) groups excluding carboxylic acids is 2. The highest BCUT2D eigenvalue weighted by Gasteiger charge is 2.40. The van der Waals surface area contributed by atoms with Gasteiger partial charge in [-0.3, -0.25) is 23.9 Å². The van der Waals surface area contributed by atoms with Crippen molar-refractivity contribution in [3.05, 3.63) is 63.9 Å². The number of fused-ring (bicyclic) bond motifs is 1. The van der Waals surface area contributed by atoms with E-state index in [-0.39, 0.29) is 35.5 Å². The monoisotopic (exact) mass is 510 g/mol. The molecule has 0 unspecified atom stereocenters. The first-order valence-corrected chi connectivity index (χ1v) is 10.8. The number of β-amino-alcohol motifs (C(OH)–C–C–N with tert-alkyl or cyclic N) is 1. The van der Waals surface area contributed by atoms with Crippen LogP contribution in [0.2, 0.25) is 0 Å². The van der Waals surface area contributed by atoms with Crippen LogP contribution < -0.4 is 15.6 Å². The molecule has 36 heavy (non-hydrogen) atoms. The van der Waals surface area contributed by atoms with Gasteiger partial charge in [-0.05, 0) is 30.7 Å². The molecular formula is C23H19F5N4O4. The van der Waals surface area contributed by atoms with Gasteiger partial charge in [0, 0.05) is 12.3 Å². The molecule has 0 bridgehead atoms. The minimum absolute atomic E-state index is 0.0139. The lowest BCUT2D eigenvalue weighted by atomic mass is 10.1. The van der Waals surface area contributed by atoms with E-state index in [2.05, 4.69) is 4.98 Å². The number of halogens is 5. The Labute approximate surface area is 200 Å². The van der Waals surface area contributed by atoms with Gasteiger partial charge in [0.05, 0.1) is 30.1 Å². The van der Waals surface area contributed by atoms with Crippen molar-refractivity contribution in [3.63, 3.8) is 0 Å². The number of aromatic nitrogens is 2. The molecule has 1 aromatic carbocycles. The zero-order valence-electron chi connectivity index (χ0n) is 18.6. The van der Waals surface area contributed by atoms with Gasteiger partial charge in [-0.25, -0.2) is 13.8 Å². The molecule has 1 fully saturated rings. The van der Waals surface area contributed by atoms with E-state index in [9.17, 15) is 41.4 Å². The molecule has 0 spiro atoms. The Balaban J connectivity index is 1.92. The molecule has 0 radical (unpaired) electrons.